The number of amides is 3. The molecule has 190 valence electrons. The summed E-state index contributed by atoms with van der Waals surface area (Å²) >= 11 is 0. The number of carbonyl (C=O) groups excluding carboxylic acids is 2. The molecule has 0 bridgehead atoms. The van der Waals surface area contributed by atoms with Crippen LogP contribution in [0.2, 0.25) is 0 Å². The van der Waals surface area contributed by atoms with Crippen molar-refractivity contribution in [1.29, 1.82) is 0 Å². The lowest BCUT2D eigenvalue weighted by atomic mass is 10.1. The molecule has 2 aromatic carbocycles. The Kier molecular flexibility index (Phi) is 8.32. The first-order valence-electron chi connectivity index (χ1n) is 12.4. The van der Waals surface area contributed by atoms with E-state index in [1.165, 1.54) is 5.56 Å². The van der Waals surface area contributed by atoms with Gasteiger partial charge in [0.05, 0.1) is 6.04 Å². The summed E-state index contributed by atoms with van der Waals surface area (Å²) in [6.07, 6.45) is 0.282. The second-order valence-electron chi connectivity index (χ2n) is 9.24. The predicted octanol–water partition coefficient (Wildman–Crippen LogP) is 3.48. The Morgan fingerprint density at radius 3 is 2.44 bits per heavy atom. The number of hydrogen-bond acceptors (Lipinski definition) is 6. The number of piperazine rings is 1. The van der Waals surface area contributed by atoms with Crippen molar-refractivity contribution in [2.45, 2.75) is 32.9 Å². The molecule has 0 spiro atoms. The van der Waals surface area contributed by atoms with E-state index in [2.05, 4.69) is 20.4 Å². The average Bonchev–Trinajstić information content (AvgIpc) is 3.39. The molecule has 1 aliphatic rings. The molecule has 1 saturated heterocycles. The third-order valence-corrected chi connectivity index (χ3v) is 6.55. The van der Waals surface area contributed by atoms with Crippen LogP contribution in [0.15, 0.2) is 59.1 Å². The number of rotatable bonds is 8. The maximum atomic E-state index is 12.7. The van der Waals surface area contributed by atoms with E-state index in [0.29, 0.717) is 37.9 Å². The standard InChI is InChI=1S/C27H34N6O3/c1-20-9-11-23(12-10-20)25-29-26(36-30-25)21(2)32-15-17-33(18-16-32)24(34)13-14-28-27(35)31(3)19-22-7-5-4-6-8-22/h4-12,21H,13-19H2,1-3H3,(H,28,35). The van der Waals surface area contributed by atoms with Crippen molar-refractivity contribution in [2.75, 3.05) is 39.8 Å². The van der Waals surface area contributed by atoms with Crippen molar-refractivity contribution in [1.82, 2.24) is 30.2 Å². The van der Waals surface area contributed by atoms with Gasteiger partial charge in [-0.1, -0.05) is 65.3 Å². The van der Waals surface area contributed by atoms with Crippen molar-refractivity contribution >= 4 is 11.9 Å². The van der Waals surface area contributed by atoms with E-state index in [1.807, 2.05) is 73.3 Å². The number of nitrogens with zero attached hydrogens (tertiary/aromatic N) is 5. The molecule has 1 atom stereocenters. The summed E-state index contributed by atoms with van der Waals surface area (Å²) in [4.78, 5) is 35.3. The molecular formula is C27H34N6O3. The monoisotopic (exact) mass is 490 g/mol. The number of nitrogens with one attached hydrogen (secondary N) is 1. The zero-order valence-electron chi connectivity index (χ0n) is 21.2. The highest BCUT2D eigenvalue weighted by Gasteiger charge is 2.27. The van der Waals surface area contributed by atoms with Crippen molar-refractivity contribution in [3.8, 4) is 11.4 Å². The quantitative estimate of drug-likeness (QED) is 0.520. The summed E-state index contributed by atoms with van der Waals surface area (Å²) in [5, 5.41) is 6.98. The Bertz CT molecular complexity index is 1140. The highest BCUT2D eigenvalue weighted by Crippen LogP contribution is 2.24. The minimum Gasteiger partial charge on any atom is -0.340 e. The first-order valence-corrected chi connectivity index (χ1v) is 12.4. The van der Waals surface area contributed by atoms with Crippen molar-refractivity contribution in [3.63, 3.8) is 0 Å². The minimum atomic E-state index is -0.185. The van der Waals surface area contributed by atoms with Crippen LogP contribution in [-0.4, -0.2) is 76.6 Å². The zero-order valence-corrected chi connectivity index (χ0v) is 21.2. The third-order valence-electron chi connectivity index (χ3n) is 6.55. The summed E-state index contributed by atoms with van der Waals surface area (Å²) in [6.45, 7) is 7.63. The second-order valence-corrected chi connectivity index (χ2v) is 9.24. The molecule has 0 saturated carbocycles. The molecular weight excluding hydrogens is 456 g/mol. The zero-order chi connectivity index (χ0) is 25.5. The summed E-state index contributed by atoms with van der Waals surface area (Å²) < 4.78 is 5.54. The molecule has 9 heteroatoms. The summed E-state index contributed by atoms with van der Waals surface area (Å²) in [5.41, 5.74) is 3.17. The Labute approximate surface area is 212 Å². The molecule has 4 rings (SSSR count). The molecule has 9 nitrogen and oxygen atoms in total. The van der Waals surface area contributed by atoms with Crippen LogP contribution in [0.25, 0.3) is 11.4 Å². The summed E-state index contributed by atoms with van der Waals surface area (Å²) in [7, 11) is 1.75. The lowest BCUT2D eigenvalue weighted by Crippen LogP contribution is -2.50. The molecule has 0 aliphatic carbocycles. The van der Waals surface area contributed by atoms with Crippen LogP contribution in [0, 0.1) is 6.92 Å². The smallest absolute Gasteiger partial charge is 0.317 e. The lowest BCUT2D eigenvalue weighted by molar-refractivity contribution is -0.133. The first-order chi connectivity index (χ1) is 17.4. The topological polar surface area (TPSA) is 94.8 Å². The Balaban J connectivity index is 1.19. The van der Waals surface area contributed by atoms with E-state index < -0.39 is 0 Å². The molecule has 1 fully saturated rings. The van der Waals surface area contributed by atoms with Crippen molar-refractivity contribution < 1.29 is 14.1 Å². The maximum absolute atomic E-state index is 12.7. The number of carbonyl (C=O) groups is 2. The van der Waals surface area contributed by atoms with E-state index >= 15 is 0 Å². The maximum Gasteiger partial charge on any atom is 0.317 e. The van der Waals surface area contributed by atoms with Gasteiger partial charge in [-0.15, -0.1) is 0 Å². The Morgan fingerprint density at radius 1 is 1.06 bits per heavy atom. The fourth-order valence-electron chi connectivity index (χ4n) is 4.24. The predicted molar refractivity (Wildman–Crippen MR) is 137 cm³/mol. The minimum absolute atomic E-state index is 0.0339. The lowest BCUT2D eigenvalue weighted by Gasteiger charge is -2.36. The van der Waals surface area contributed by atoms with E-state index in [1.54, 1.807) is 11.9 Å². The van der Waals surface area contributed by atoms with E-state index in [9.17, 15) is 9.59 Å². The van der Waals surface area contributed by atoms with E-state index in [4.69, 9.17) is 4.52 Å². The fourth-order valence-corrected chi connectivity index (χ4v) is 4.24. The Morgan fingerprint density at radius 2 is 1.75 bits per heavy atom. The highest BCUT2D eigenvalue weighted by atomic mass is 16.5. The number of aryl methyl sites for hydroxylation is 1. The van der Waals surface area contributed by atoms with Crippen LogP contribution in [0.5, 0.6) is 0 Å². The van der Waals surface area contributed by atoms with Gasteiger partial charge in [0.1, 0.15) is 0 Å². The number of benzene rings is 2. The second kappa shape index (κ2) is 11.8. The van der Waals surface area contributed by atoms with E-state index in [0.717, 1.165) is 24.2 Å². The molecule has 3 aromatic rings. The molecule has 36 heavy (non-hydrogen) atoms. The van der Waals surface area contributed by atoms with Gasteiger partial charge in [0, 0.05) is 58.3 Å². The van der Waals surface area contributed by atoms with Gasteiger partial charge >= 0.3 is 6.03 Å². The van der Waals surface area contributed by atoms with Gasteiger partial charge < -0.3 is 19.6 Å². The largest absolute Gasteiger partial charge is 0.340 e. The van der Waals surface area contributed by atoms with Gasteiger partial charge in [0.25, 0.3) is 0 Å². The van der Waals surface area contributed by atoms with Gasteiger partial charge in [-0.05, 0) is 19.4 Å². The van der Waals surface area contributed by atoms with Crippen LogP contribution >= 0.6 is 0 Å². The molecule has 2 heterocycles. The SMILES string of the molecule is Cc1ccc(-c2noc(C(C)N3CCN(C(=O)CCNC(=O)N(C)Cc4ccccc4)CC3)n2)cc1. The van der Waals surface area contributed by atoms with Crippen LogP contribution in [-0.2, 0) is 11.3 Å². The molecule has 0 radical (unpaired) electrons. The van der Waals surface area contributed by atoms with E-state index in [-0.39, 0.29) is 24.4 Å². The van der Waals surface area contributed by atoms with Gasteiger partial charge in [0.2, 0.25) is 17.6 Å². The molecule has 1 unspecified atom stereocenters. The molecule has 3 amide bonds. The van der Waals surface area contributed by atoms with Gasteiger partial charge in [-0.25, -0.2) is 4.79 Å². The number of urea groups is 1. The number of aromatic nitrogens is 2. The Hall–Kier alpha value is -3.72. The van der Waals surface area contributed by atoms with Crippen LogP contribution in [0.4, 0.5) is 4.79 Å². The third kappa shape index (κ3) is 6.48. The highest BCUT2D eigenvalue weighted by molar-refractivity contribution is 5.78. The van der Waals surface area contributed by atoms with Gasteiger partial charge in [-0.3, -0.25) is 9.69 Å². The molecule has 1 aromatic heterocycles. The summed E-state index contributed by atoms with van der Waals surface area (Å²) in [5.74, 6) is 1.21. The fraction of sp³-hybridized carbons (Fsp3) is 0.407. The van der Waals surface area contributed by atoms with Crippen LogP contribution in [0.3, 0.4) is 0 Å². The first kappa shape index (κ1) is 25.4. The van der Waals surface area contributed by atoms with Crippen LogP contribution in [0.1, 0.15) is 36.4 Å². The van der Waals surface area contributed by atoms with Gasteiger partial charge in [-0.2, -0.15) is 4.98 Å². The van der Waals surface area contributed by atoms with Crippen molar-refractivity contribution in [2.24, 2.45) is 0 Å². The number of hydrogen-bond donors (Lipinski definition) is 1. The molecule has 1 aliphatic heterocycles. The van der Waals surface area contributed by atoms with Crippen molar-refractivity contribution in [3.05, 3.63) is 71.6 Å². The normalized spacial score (nSPS) is 14.9. The van der Waals surface area contributed by atoms with Crippen LogP contribution < -0.4 is 5.32 Å². The summed E-state index contributed by atoms with van der Waals surface area (Å²) in [6, 6.07) is 17.6. The molecule has 1 N–H and O–H groups in total. The van der Waals surface area contributed by atoms with Gasteiger partial charge in [0.15, 0.2) is 0 Å². The average molecular weight is 491 g/mol.